The SMILES string of the molecule is O=C(O)CCN(Cc1ccc(F)c(F)c1)C(=O)CCC1CCCCO1. The number of carboxylic acid groups (broad SMARTS) is 1. The third-order valence-electron chi connectivity index (χ3n) is 4.26. The second kappa shape index (κ2) is 9.46. The number of rotatable bonds is 8. The van der Waals surface area contributed by atoms with Crippen molar-refractivity contribution >= 4 is 11.9 Å². The van der Waals surface area contributed by atoms with Gasteiger partial charge in [0.1, 0.15) is 0 Å². The Hall–Kier alpha value is -2.02. The zero-order valence-corrected chi connectivity index (χ0v) is 14.0. The molecule has 1 fully saturated rings. The first-order chi connectivity index (χ1) is 12.0. The Balaban J connectivity index is 1.96. The van der Waals surface area contributed by atoms with Gasteiger partial charge in [-0.05, 0) is 43.4 Å². The molecule has 1 aromatic carbocycles. The summed E-state index contributed by atoms with van der Waals surface area (Å²) >= 11 is 0. The maximum atomic E-state index is 13.3. The Labute approximate surface area is 145 Å². The summed E-state index contributed by atoms with van der Waals surface area (Å²) in [6, 6.07) is 3.42. The van der Waals surface area contributed by atoms with E-state index in [4.69, 9.17) is 9.84 Å². The molecule has 1 saturated heterocycles. The first kappa shape index (κ1) is 19.3. The van der Waals surface area contributed by atoms with E-state index in [2.05, 4.69) is 0 Å². The summed E-state index contributed by atoms with van der Waals surface area (Å²) in [5, 5.41) is 8.86. The van der Waals surface area contributed by atoms with E-state index < -0.39 is 17.6 Å². The normalized spacial score (nSPS) is 17.3. The van der Waals surface area contributed by atoms with Gasteiger partial charge >= 0.3 is 5.97 Å². The number of carbonyl (C=O) groups is 2. The Bertz CT molecular complexity index is 603. The van der Waals surface area contributed by atoms with Crippen LogP contribution < -0.4 is 0 Å². The Kier molecular flexibility index (Phi) is 7.31. The maximum absolute atomic E-state index is 13.3. The number of carbonyl (C=O) groups excluding carboxylic acids is 1. The van der Waals surface area contributed by atoms with Crippen molar-refractivity contribution in [3.05, 3.63) is 35.4 Å². The molecule has 5 nitrogen and oxygen atoms in total. The van der Waals surface area contributed by atoms with Crippen LogP contribution in [0.5, 0.6) is 0 Å². The van der Waals surface area contributed by atoms with Gasteiger partial charge in [-0.3, -0.25) is 9.59 Å². The topological polar surface area (TPSA) is 66.8 Å². The van der Waals surface area contributed by atoms with Crippen molar-refractivity contribution in [1.82, 2.24) is 4.90 Å². The minimum Gasteiger partial charge on any atom is -0.481 e. The Morgan fingerprint density at radius 3 is 2.64 bits per heavy atom. The molecule has 1 aromatic rings. The second-order valence-corrected chi connectivity index (χ2v) is 6.23. The van der Waals surface area contributed by atoms with Gasteiger partial charge in [-0.2, -0.15) is 0 Å². The van der Waals surface area contributed by atoms with Crippen molar-refractivity contribution in [3.8, 4) is 0 Å². The summed E-state index contributed by atoms with van der Waals surface area (Å²) in [5.74, 6) is -3.17. The average molecular weight is 355 g/mol. The second-order valence-electron chi connectivity index (χ2n) is 6.23. The highest BCUT2D eigenvalue weighted by Crippen LogP contribution is 2.18. The van der Waals surface area contributed by atoms with E-state index in [1.54, 1.807) is 0 Å². The van der Waals surface area contributed by atoms with Crippen LogP contribution in [0.15, 0.2) is 18.2 Å². The lowest BCUT2D eigenvalue weighted by molar-refractivity contribution is -0.139. The molecule has 0 bridgehead atoms. The molecule has 1 aliphatic rings. The smallest absolute Gasteiger partial charge is 0.305 e. The molecule has 0 aromatic heterocycles. The number of benzene rings is 1. The molecular weight excluding hydrogens is 332 g/mol. The summed E-state index contributed by atoms with van der Waals surface area (Å²) in [4.78, 5) is 24.7. The quantitative estimate of drug-likeness (QED) is 0.778. The van der Waals surface area contributed by atoms with Crippen molar-refractivity contribution in [1.29, 1.82) is 0 Å². The third-order valence-corrected chi connectivity index (χ3v) is 4.26. The Morgan fingerprint density at radius 2 is 2.00 bits per heavy atom. The number of nitrogens with zero attached hydrogens (tertiary/aromatic N) is 1. The molecule has 0 radical (unpaired) electrons. The number of hydrogen-bond acceptors (Lipinski definition) is 3. The van der Waals surface area contributed by atoms with Gasteiger partial charge in [0.15, 0.2) is 11.6 Å². The number of hydrogen-bond donors (Lipinski definition) is 1. The predicted octanol–water partition coefficient (Wildman–Crippen LogP) is 3.12. The van der Waals surface area contributed by atoms with Gasteiger partial charge in [0, 0.05) is 26.1 Å². The fourth-order valence-corrected chi connectivity index (χ4v) is 2.86. The largest absolute Gasteiger partial charge is 0.481 e. The monoisotopic (exact) mass is 355 g/mol. The van der Waals surface area contributed by atoms with Crippen LogP contribution in [0.4, 0.5) is 8.78 Å². The van der Waals surface area contributed by atoms with Crippen LogP contribution in [0.2, 0.25) is 0 Å². The van der Waals surface area contributed by atoms with Gasteiger partial charge in [-0.15, -0.1) is 0 Å². The van der Waals surface area contributed by atoms with E-state index in [1.807, 2.05) is 0 Å². The molecule has 0 aliphatic carbocycles. The third kappa shape index (κ3) is 6.42. The van der Waals surface area contributed by atoms with Crippen molar-refractivity contribution in [2.75, 3.05) is 13.2 Å². The molecule has 25 heavy (non-hydrogen) atoms. The van der Waals surface area contributed by atoms with Crippen LogP contribution >= 0.6 is 0 Å². The summed E-state index contributed by atoms with van der Waals surface area (Å²) in [5.41, 5.74) is 0.423. The van der Waals surface area contributed by atoms with Gasteiger partial charge < -0.3 is 14.7 Å². The molecule has 1 heterocycles. The van der Waals surface area contributed by atoms with Gasteiger partial charge in [0.25, 0.3) is 0 Å². The highest BCUT2D eigenvalue weighted by Gasteiger charge is 2.20. The minimum absolute atomic E-state index is 0.0265. The van der Waals surface area contributed by atoms with Crippen LogP contribution in [0.1, 0.15) is 44.1 Å². The zero-order valence-electron chi connectivity index (χ0n) is 14.0. The van der Waals surface area contributed by atoms with Crippen molar-refractivity contribution in [2.45, 2.75) is 51.2 Å². The van der Waals surface area contributed by atoms with E-state index in [1.165, 1.54) is 11.0 Å². The molecule has 1 amide bonds. The highest BCUT2D eigenvalue weighted by molar-refractivity contribution is 5.77. The van der Waals surface area contributed by atoms with Gasteiger partial charge in [0.05, 0.1) is 12.5 Å². The molecule has 2 rings (SSSR count). The van der Waals surface area contributed by atoms with E-state index in [0.29, 0.717) is 18.6 Å². The van der Waals surface area contributed by atoms with Crippen LogP contribution in [-0.2, 0) is 20.9 Å². The standard InChI is InChI=1S/C18H23F2NO4/c19-15-6-4-13(11-16(15)20)12-21(9-8-18(23)24)17(22)7-5-14-3-1-2-10-25-14/h4,6,11,14H,1-3,5,7-10,12H2,(H,23,24). The van der Waals surface area contributed by atoms with Crippen molar-refractivity contribution in [3.63, 3.8) is 0 Å². The number of halogens is 2. The number of carboxylic acids is 1. The number of ether oxygens (including phenoxy) is 1. The number of amides is 1. The minimum atomic E-state index is -1.02. The lowest BCUT2D eigenvalue weighted by atomic mass is 10.0. The molecular formula is C18H23F2NO4. The van der Waals surface area contributed by atoms with Crippen LogP contribution in [0.3, 0.4) is 0 Å². The fraction of sp³-hybridized carbons (Fsp3) is 0.556. The molecule has 1 N–H and O–H groups in total. The van der Waals surface area contributed by atoms with E-state index in [9.17, 15) is 18.4 Å². The first-order valence-electron chi connectivity index (χ1n) is 8.51. The van der Waals surface area contributed by atoms with E-state index >= 15 is 0 Å². The Morgan fingerprint density at radius 1 is 1.20 bits per heavy atom. The van der Waals surface area contributed by atoms with Crippen LogP contribution in [-0.4, -0.2) is 41.1 Å². The maximum Gasteiger partial charge on any atom is 0.305 e. The average Bonchev–Trinajstić information content (AvgIpc) is 2.60. The summed E-state index contributed by atoms with van der Waals surface area (Å²) < 4.78 is 32.0. The zero-order chi connectivity index (χ0) is 18.2. The molecule has 0 spiro atoms. The molecule has 0 saturated carbocycles. The summed E-state index contributed by atoms with van der Waals surface area (Å²) in [6.45, 7) is 0.782. The fourth-order valence-electron chi connectivity index (χ4n) is 2.86. The van der Waals surface area contributed by atoms with E-state index in [-0.39, 0.29) is 37.9 Å². The number of aliphatic carboxylic acids is 1. The predicted molar refractivity (Wildman–Crippen MR) is 86.9 cm³/mol. The lowest BCUT2D eigenvalue weighted by Gasteiger charge is -2.25. The van der Waals surface area contributed by atoms with Gasteiger partial charge in [-0.25, -0.2) is 8.78 Å². The summed E-state index contributed by atoms with van der Waals surface area (Å²) in [7, 11) is 0. The van der Waals surface area contributed by atoms with Gasteiger partial charge in [0.2, 0.25) is 5.91 Å². The molecule has 1 aliphatic heterocycles. The molecule has 1 unspecified atom stereocenters. The van der Waals surface area contributed by atoms with E-state index in [0.717, 1.165) is 31.4 Å². The van der Waals surface area contributed by atoms with Crippen LogP contribution in [0, 0.1) is 11.6 Å². The first-order valence-corrected chi connectivity index (χ1v) is 8.51. The van der Waals surface area contributed by atoms with Gasteiger partial charge in [-0.1, -0.05) is 6.07 Å². The molecule has 7 heteroatoms. The lowest BCUT2D eigenvalue weighted by Crippen LogP contribution is -2.33. The molecule has 1 atom stereocenters. The summed E-state index contributed by atoms with van der Waals surface area (Å²) in [6.07, 6.45) is 3.72. The molecule has 138 valence electrons. The van der Waals surface area contributed by atoms with Crippen molar-refractivity contribution < 1.29 is 28.2 Å². The highest BCUT2D eigenvalue weighted by atomic mass is 19.2. The van der Waals surface area contributed by atoms with Crippen molar-refractivity contribution in [2.24, 2.45) is 0 Å². The van der Waals surface area contributed by atoms with Crippen LogP contribution in [0.25, 0.3) is 0 Å².